The Labute approximate surface area is 124 Å². The van der Waals surface area contributed by atoms with Crippen LogP contribution in [0.3, 0.4) is 0 Å². The molecule has 0 spiro atoms. The number of carboxylic acids is 4. The lowest BCUT2D eigenvalue weighted by Gasteiger charge is -2.64. The third-order valence-corrected chi connectivity index (χ3v) is 5.93. The van der Waals surface area contributed by atoms with E-state index in [1.165, 1.54) is 0 Å². The molecule has 0 aromatic heterocycles. The van der Waals surface area contributed by atoms with Crippen LogP contribution in [0, 0.1) is 47.3 Å². The van der Waals surface area contributed by atoms with Crippen molar-refractivity contribution in [3.63, 3.8) is 0 Å². The molecule has 120 valence electrons. The predicted molar refractivity (Wildman–Crippen MR) is 67.7 cm³/mol. The van der Waals surface area contributed by atoms with Gasteiger partial charge in [-0.05, 0) is 36.5 Å². The zero-order chi connectivity index (χ0) is 16.3. The average molecular weight is 312 g/mol. The second kappa shape index (κ2) is 4.69. The zero-order valence-corrected chi connectivity index (χ0v) is 11.5. The lowest BCUT2D eigenvalue weighted by molar-refractivity contribution is -0.226. The van der Waals surface area contributed by atoms with Crippen molar-refractivity contribution in [3.8, 4) is 0 Å². The molecule has 8 nitrogen and oxygen atoms in total. The summed E-state index contributed by atoms with van der Waals surface area (Å²) in [7, 11) is 0. The summed E-state index contributed by atoms with van der Waals surface area (Å²) in [4.78, 5) is 45.8. The highest BCUT2D eigenvalue weighted by Crippen LogP contribution is 2.66. The molecule has 4 saturated carbocycles. The van der Waals surface area contributed by atoms with Crippen LogP contribution in [-0.4, -0.2) is 44.3 Å². The van der Waals surface area contributed by atoms with Crippen LogP contribution in [0.15, 0.2) is 0 Å². The number of hydrogen-bond donors (Lipinski definition) is 4. The molecule has 4 rings (SSSR count). The first-order valence-corrected chi connectivity index (χ1v) is 7.18. The standard InChI is InChI=1S/C14H16O8/c15-11(16)7-3-1-2-4(8(7)12(17)18)6-5(3)9(13(19)20)10(6)14(21)22/h3-10H,1-2H2,(H,15,16)(H,17,18)(H,19,20)(H,21,22). The van der Waals surface area contributed by atoms with E-state index >= 15 is 0 Å². The number of aliphatic carboxylic acids is 4. The number of carboxylic acid groups (broad SMARTS) is 4. The summed E-state index contributed by atoms with van der Waals surface area (Å²) in [6.45, 7) is 0. The van der Waals surface area contributed by atoms with E-state index in [0.717, 1.165) is 0 Å². The van der Waals surface area contributed by atoms with Gasteiger partial charge in [-0.15, -0.1) is 0 Å². The van der Waals surface area contributed by atoms with Crippen molar-refractivity contribution in [1.29, 1.82) is 0 Å². The van der Waals surface area contributed by atoms with E-state index in [1.807, 2.05) is 0 Å². The SMILES string of the molecule is O=C(O)C1C2CCC(C1C(=O)O)C1C(C(=O)O)C(C(=O)O)C21. The molecule has 0 aromatic carbocycles. The Balaban J connectivity index is 2.03. The molecule has 0 heterocycles. The van der Waals surface area contributed by atoms with Crippen molar-refractivity contribution in [2.75, 3.05) is 0 Å². The van der Waals surface area contributed by atoms with Crippen molar-refractivity contribution in [1.82, 2.24) is 0 Å². The van der Waals surface area contributed by atoms with E-state index in [-0.39, 0.29) is 0 Å². The van der Waals surface area contributed by atoms with Gasteiger partial charge in [-0.2, -0.15) is 0 Å². The number of fused-ring (bicyclic) bond motifs is 2. The summed E-state index contributed by atoms with van der Waals surface area (Å²) in [6.07, 6.45) is 0.894. The van der Waals surface area contributed by atoms with Crippen LogP contribution >= 0.6 is 0 Å². The molecule has 4 N–H and O–H groups in total. The third kappa shape index (κ3) is 1.69. The van der Waals surface area contributed by atoms with E-state index in [2.05, 4.69) is 0 Å². The van der Waals surface area contributed by atoms with Crippen LogP contribution in [0.25, 0.3) is 0 Å². The van der Waals surface area contributed by atoms with Crippen molar-refractivity contribution in [2.45, 2.75) is 12.8 Å². The Morgan fingerprint density at radius 2 is 0.818 bits per heavy atom. The highest BCUT2D eigenvalue weighted by Gasteiger charge is 2.71. The quantitative estimate of drug-likeness (QED) is 0.570. The van der Waals surface area contributed by atoms with Crippen LogP contribution in [0.2, 0.25) is 0 Å². The van der Waals surface area contributed by atoms with Crippen LogP contribution in [0.4, 0.5) is 0 Å². The van der Waals surface area contributed by atoms with Gasteiger partial charge in [0, 0.05) is 0 Å². The summed E-state index contributed by atoms with van der Waals surface area (Å²) in [5, 5.41) is 37.3. The first kappa shape index (κ1) is 14.8. The first-order valence-electron chi connectivity index (χ1n) is 7.18. The maximum absolute atomic E-state index is 11.5. The Kier molecular flexibility index (Phi) is 3.15. The molecular weight excluding hydrogens is 296 g/mol. The molecule has 0 saturated heterocycles. The second-order valence-corrected chi connectivity index (χ2v) is 6.52. The minimum atomic E-state index is -1.24. The van der Waals surface area contributed by atoms with Crippen molar-refractivity contribution in [2.24, 2.45) is 47.3 Å². The molecule has 4 aliphatic rings. The molecule has 8 unspecified atom stereocenters. The summed E-state index contributed by atoms with van der Waals surface area (Å²) in [5.74, 6) is -11.7. The molecule has 4 fully saturated rings. The molecule has 0 aliphatic heterocycles. The van der Waals surface area contributed by atoms with Crippen molar-refractivity contribution < 1.29 is 39.6 Å². The molecule has 8 atom stereocenters. The number of carbonyl (C=O) groups is 4. The minimum Gasteiger partial charge on any atom is -0.481 e. The van der Waals surface area contributed by atoms with Gasteiger partial charge in [-0.3, -0.25) is 19.2 Å². The average Bonchev–Trinajstić information content (AvgIpc) is 2.36. The van der Waals surface area contributed by atoms with Gasteiger partial charge in [-0.1, -0.05) is 0 Å². The monoisotopic (exact) mass is 312 g/mol. The molecule has 0 aromatic rings. The van der Waals surface area contributed by atoms with Gasteiger partial charge in [0.2, 0.25) is 0 Å². The lowest BCUT2D eigenvalue weighted by Crippen LogP contribution is -2.68. The van der Waals surface area contributed by atoms with Crippen LogP contribution in [-0.2, 0) is 19.2 Å². The summed E-state index contributed by atoms with van der Waals surface area (Å²) in [5.41, 5.74) is 0. The normalized spacial score (nSPS) is 45.5. The van der Waals surface area contributed by atoms with E-state index in [1.54, 1.807) is 0 Å². The number of hydrogen-bond acceptors (Lipinski definition) is 4. The zero-order valence-electron chi connectivity index (χ0n) is 11.5. The molecule has 4 aliphatic carbocycles. The minimum absolute atomic E-state index is 0.447. The molecule has 22 heavy (non-hydrogen) atoms. The van der Waals surface area contributed by atoms with Crippen LogP contribution in [0.5, 0.6) is 0 Å². The van der Waals surface area contributed by atoms with Gasteiger partial charge < -0.3 is 20.4 Å². The molecule has 0 radical (unpaired) electrons. The molecular formula is C14H16O8. The van der Waals surface area contributed by atoms with E-state index < -0.39 is 71.2 Å². The van der Waals surface area contributed by atoms with E-state index in [4.69, 9.17) is 0 Å². The molecule has 0 amide bonds. The predicted octanol–water partition coefficient (Wildman–Crippen LogP) is 0.0754. The largest absolute Gasteiger partial charge is 0.481 e. The fourth-order valence-electron chi connectivity index (χ4n) is 5.37. The van der Waals surface area contributed by atoms with E-state index in [0.29, 0.717) is 12.8 Å². The highest BCUT2D eigenvalue weighted by atomic mass is 16.4. The van der Waals surface area contributed by atoms with Gasteiger partial charge in [0.15, 0.2) is 0 Å². The third-order valence-electron chi connectivity index (χ3n) is 5.93. The maximum Gasteiger partial charge on any atom is 0.307 e. The van der Waals surface area contributed by atoms with Crippen molar-refractivity contribution in [3.05, 3.63) is 0 Å². The second-order valence-electron chi connectivity index (χ2n) is 6.52. The topological polar surface area (TPSA) is 149 Å². The first-order chi connectivity index (χ1) is 10.3. The van der Waals surface area contributed by atoms with Gasteiger partial charge in [-0.25, -0.2) is 0 Å². The summed E-state index contributed by atoms with van der Waals surface area (Å²) < 4.78 is 0. The summed E-state index contributed by atoms with van der Waals surface area (Å²) >= 11 is 0. The Bertz CT molecular complexity index is 515. The lowest BCUT2D eigenvalue weighted by atomic mass is 9.37. The smallest absolute Gasteiger partial charge is 0.307 e. The molecule has 8 heteroatoms. The highest BCUT2D eigenvalue weighted by molar-refractivity contribution is 5.86. The maximum atomic E-state index is 11.5. The van der Waals surface area contributed by atoms with Crippen molar-refractivity contribution >= 4 is 23.9 Å². The van der Waals surface area contributed by atoms with Gasteiger partial charge >= 0.3 is 23.9 Å². The van der Waals surface area contributed by atoms with Gasteiger partial charge in [0.1, 0.15) is 0 Å². The fraction of sp³-hybridized carbons (Fsp3) is 0.714. The van der Waals surface area contributed by atoms with E-state index in [9.17, 15) is 39.6 Å². The Hall–Kier alpha value is -2.12. The van der Waals surface area contributed by atoms with Crippen LogP contribution < -0.4 is 0 Å². The molecule has 2 bridgehead atoms. The van der Waals surface area contributed by atoms with Gasteiger partial charge in [0.05, 0.1) is 23.7 Å². The Morgan fingerprint density at radius 1 is 0.545 bits per heavy atom. The summed E-state index contributed by atoms with van der Waals surface area (Å²) in [6, 6.07) is 0. The number of rotatable bonds is 4. The Morgan fingerprint density at radius 3 is 1.05 bits per heavy atom. The van der Waals surface area contributed by atoms with Crippen LogP contribution in [0.1, 0.15) is 12.8 Å². The van der Waals surface area contributed by atoms with Gasteiger partial charge in [0.25, 0.3) is 0 Å². The fourth-order valence-corrected chi connectivity index (χ4v) is 5.37.